The van der Waals surface area contributed by atoms with Crippen molar-refractivity contribution in [3.8, 4) is 28.0 Å². The molecule has 0 aromatic heterocycles. The zero-order valence-corrected chi connectivity index (χ0v) is 20.6. The average Bonchev–Trinajstić information content (AvgIpc) is 2.90. The van der Waals surface area contributed by atoms with Gasteiger partial charge in [-0.2, -0.15) is 4.39 Å². The summed E-state index contributed by atoms with van der Waals surface area (Å²) in [5.74, 6) is -2.19. The van der Waals surface area contributed by atoms with Crippen LogP contribution in [0.15, 0.2) is 66.7 Å². The highest BCUT2D eigenvalue weighted by Gasteiger charge is 2.24. The van der Waals surface area contributed by atoms with Gasteiger partial charge < -0.3 is 14.2 Å². The number of ether oxygens (including phenoxy) is 3. The third-order valence-corrected chi connectivity index (χ3v) is 6.32. The zero-order valence-electron chi connectivity index (χ0n) is 20.6. The largest absolute Gasteiger partial charge is 0.486 e. The number of allylic oxidation sites excluding steroid dienone is 1. The van der Waals surface area contributed by atoms with Gasteiger partial charge in [-0.05, 0) is 42.7 Å². The molecule has 1 aliphatic rings. The van der Waals surface area contributed by atoms with E-state index in [1.807, 2.05) is 6.92 Å². The van der Waals surface area contributed by atoms with Gasteiger partial charge in [0.1, 0.15) is 12.4 Å². The summed E-state index contributed by atoms with van der Waals surface area (Å²) in [6, 6.07) is 14.5. The molecule has 0 radical (unpaired) electrons. The second-order valence-electron chi connectivity index (χ2n) is 8.94. The maximum absolute atomic E-state index is 15.0. The third-order valence-electron chi connectivity index (χ3n) is 6.32. The average molecular weight is 497 g/mol. The van der Waals surface area contributed by atoms with Crippen LogP contribution in [0, 0.1) is 23.4 Å². The summed E-state index contributed by atoms with van der Waals surface area (Å²) < 4.78 is 61.1. The van der Waals surface area contributed by atoms with Crippen LogP contribution in [0.3, 0.4) is 0 Å². The van der Waals surface area contributed by atoms with Crippen molar-refractivity contribution in [3.63, 3.8) is 0 Å². The van der Waals surface area contributed by atoms with Crippen molar-refractivity contribution in [1.82, 2.24) is 0 Å². The molecule has 3 nitrogen and oxygen atoms in total. The molecule has 0 unspecified atom stereocenters. The molecular weight excluding hydrogens is 465 g/mol. The van der Waals surface area contributed by atoms with Gasteiger partial charge in [0.25, 0.3) is 0 Å². The molecule has 0 N–H and O–H groups in total. The molecule has 0 aliphatic carbocycles. The lowest BCUT2D eigenvalue weighted by Crippen LogP contribution is -2.27. The topological polar surface area (TPSA) is 27.7 Å². The van der Waals surface area contributed by atoms with Crippen molar-refractivity contribution in [2.24, 2.45) is 5.92 Å². The van der Waals surface area contributed by atoms with Crippen LogP contribution in [0.5, 0.6) is 5.75 Å². The summed E-state index contributed by atoms with van der Waals surface area (Å²) in [5, 5.41) is 0. The number of hydrogen-bond donors (Lipinski definition) is 0. The summed E-state index contributed by atoms with van der Waals surface area (Å²) in [6.45, 7) is 5.34. The Morgan fingerprint density at radius 3 is 2.19 bits per heavy atom. The Labute approximate surface area is 210 Å². The monoisotopic (exact) mass is 496 g/mol. The Hall–Kier alpha value is -3.09. The van der Waals surface area contributed by atoms with E-state index in [-0.39, 0.29) is 17.9 Å². The van der Waals surface area contributed by atoms with Gasteiger partial charge in [0, 0.05) is 22.6 Å². The van der Waals surface area contributed by atoms with Crippen LogP contribution in [0.25, 0.3) is 22.3 Å². The minimum absolute atomic E-state index is 0.108. The second kappa shape index (κ2) is 12.2. The minimum atomic E-state index is -1.04. The summed E-state index contributed by atoms with van der Waals surface area (Å²) >= 11 is 0. The van der Waals surface area contributed by atoms with E-state index >= 15 is 4.39 Å². The van der Waals surface area contributed by atoms with Gasteiger partial charge in [-0.1, -0.05) is 68.3 Å². The molecule has 3 aromatic rings. The van der Waals surface area contributed by atoms with E-state index in [2.05, 4.69) is 6.92 Å². The van der Waals surface area contributed by atoms with Crippen molar-refractivity contribution >= 4 is 0 Å². The normalized spacial score (nSPS) is 18.0. The van der Waals surface area contributed by atoms with Crippen molar-refractivity contribution in [2.75, 3.05) is 19.8 Å². The maximum Gasteiger partial charge on any atom is 0.201 e. The van der Waals surface area contributed by atoms with Crippen LogP contribution < -0.4 is 4.74 Å². The van der Waals surface area contributed by atoms with Crippen molar-refractivity contribution in [3.05, 3.63) is 89.8 Å². The van der Waals surface area contributed by atoms with E-state index in [4.69, 9.17) is 14.2 Å². The van der Waals surface area contributed by atoms with Crippen LogP contribution in [0.1, 0.15) is 45.0 Å². The predicted molar refractivity (Wildman–Crippen MR) is 135 cm³/mol. The molecule has 1 saturated heterocycles. The quantitative estimate of drug-likeness (QED) is 0.279. The van der Waals surface area contributed by atoms with E-state index in [1.165, 1.54) is 18.2 Å². The highest BCUT2D eigenvalue weighted by atomic mass is 19.2. The molecule has 0 spiro atoms. The van der Waals surface area contributed by atoms with E-state index in [1.54, 1.807) is 48.6 Å². The Bertz CT molecular complexity index is 1180. The molecule has 190 valence electrons. The highest BCUT2D eigenvalue weighted by molar-refractivity contribution is 5.71. The smallest absolute Gasteiger partial charge is 0.201 e. The molecule has 0 saturated carbocycles. The zero-order chi connectivity index (χ0) is 25.5. The SMILES string of the molecule is CC=CCOc1ccc(-c2ccc(-c3ccc(C4OCC(CCCC)CO4)cc3F)cc2)c(F)c1F. The van der Waals surface area contributed by atoms with Gasteiger partial charge in [0.15, 0.2) is 17.9 Å². The third kappa shape index (κ3) is 6.00. The van der Waals surface area contributed by atoms with Crippen molar-refractivity contribution < 1.29 is 27.4 Å². The molecule has 0 amide bonds. The maximum atomic E-state index is 15.0. The van der Waals surface area contributed by atoms with Gasteiger partial charge in [-0.25, -0.2) is 8.78 Å². The summed E-state index contributed by atoms with van der Waals surface area (Å²) in [6.07, 6.45) is 6.24. The molecule has 36 heavy (non-hydrogen) atoms. The van der Waals surface area contributed by atoms with Gasteiger partial charge >= 0.3 is 0 Å². The van der Waals surface area contributed by atoms with Crippen LogP contribution >= 0.6 is 0 Å². The van der Waals surface area contributed by atoms with Gasteiger partial charge in [0.05, 0.1) is 13.2 Å². The van der Waals surface area contributed by atoms with Crippen LogP contribution in [-0.4, -0.2) is 19.8 Å². The number of benzene rings is 3. The second-order valence-corrected chi connectivity index (χ2v) is 8.94. The Balaban J connectivity index is 1.46. The standard InChI is InChI=1S/C30H31F3O3/c1-3-5-7-20-18-35-30(36-19-20)23-12-13-24(26(31)17-23)21-8-10-22(11-9-21)25-14-15-27(29(33)28(25)32)34-16-6-4-2/h4,6,8-15,17,20,30H,3,5,7,16,18-19H2,1-2H3. The first-order valence-electron chi connectivity index (χ1n) is 12.4. The Kier molecular flexibility index (Phi) is 8.83. The number of hydrogen-bond acceptors (Lipinski definition) is 3. The van der Waals surface area contributed by atoms with Crippen LogP contribution in [-0.2, 0) is 9.47 Å². The number of rotatable bonds is 9. The predicted octanol–water partition coefficient (Wildman–Crippen LogP) is 8.24. The van der Waals surface area contributed by atoms with E-state index < -0.39 is 23.7 Å². The van der Waals surface area contributed by atoms with E-state index in [0.717, 1.165) is 19.3 Å². The summed E-state index contributed by atoms with van der Waals surface area (Å²) in [7, 11) is 0. The molecule has 6 heteroatoms. The number of unbranched alkanes of at least 4 members (excludes halogenated alkanes) is 1. The molecule has 3 aromatic carbocycles. The summed E-state index contributed by atoms with van der Waals surface area (Å²) in [4.78, 5) is 0. The lowest BCUT2D eigenvalue weighted by atomic mass is 9.98. The highest BCUT2D eigenvalue weighted by Crippen LogP contribution is 2.34. The Morgan fingerprint density at radius 2 is 1.56 bits per heavy atom. The van der Waals surface area contributed by atoms with E-state index in [9.17, 15) is 8.78 Å². The first kappa shape index (κ1) is 26.0. The van der Waals surface area contributed by atoms with Gasteiger partial charge in [-0.15, -0.1) is 0 Å². The lowest BCUT2D eigenvalue weighted by molar-refractivity contribution is -0.206. The van der Waals surface area contributed by atoms with Crippen LogP contribution in [0.4, 0.5) is 13.2 Å². The first-order valence-corrected chi connectivity index (χ1v) is 12.4. The fraction of sp³-hybridized carbons (Fsp3) is 0.333. The molecule has 1 aliphatic heterocycles. The molecule has 0 atom stereocenters. The Morgan fingerprint density at radius 1 is 0.889 bits per heavy atom. The molecule has 1 fully saturated rings. The number of halogens is 3. The molecular formula is C30H31F3O3. The lowest BCUT2D eigenvalue weighted by Gasteiger charge is -2.29. The molecule has 4 rings (SSSR count). The van der Waals surface area contributed by atoms with Gasteiger partial charge in [0.2, 0.25) is 5.82 Å². The first-order chi connectivity index (χ1) is 17.5. The van der Waals surface area contributed by atoms with Crippen LogP contribution in [0.2, 0.25) is 0 Å². The van der Waals surface area contributed by atoms with Crippen molar-refractivity contribution in [2.45, 2.75) is 39.4 Å². The fourth-order valence-electron chi connectivity index (χ4n) is 4.24. The van der Waals surface area contributed by atoms with E-state index in [0.29, 0.717) is 41.4 Å². The summed E-state index contributed by atoms with van der Waals surface area (Å²) in [5.41, 5.74) is 2.25. The molecule has 0 bridgehead atoms. The fourth-order valence-corrected chi connectivity index (χ4v) is 4.24. The van der Waals surface area contributed by atoms with Crippen molar-refractivity contribution in [1.29, 1.82) is 0 Å². The van der Waals surface area contributed by atoms with Gasteiger partial charge in [-0.3, -0.25) is 0 Å². The minimum Gasteiger partial charge on any atom is -0.486 e. The molecule has 1 heterocycles.